The average molecular weight is 655 g/mol. The van der Waals surface area contributed by atoms with Crippen molar-refractivity contribution in [3.8, 4) is 17.0 Å². The molecule has 2 aromatic heterocycles. The van der Waals surface area contributed by atoms with Gasteiger partial charge < -0.3 is 24.8 Å². The molecule has 2 aromatic carbocycles. The smallest absolute Gasteiger partial charge is 0.412 e. The molecule has 48 heavy (non-hydrogen) atoms. The van der Waals surface area contributed by atoms with Crippen LogP contribution in [0.1, 0.15) is 56.3 Å². The summed E-state index contributed by atoms with van der Waals surface area (Å²) < 4.78 is 27.6. The first-order chi connectivity index (χ1) is 22.9. The van der Waals surface area contributed by atoms with Crippen LogP contribution in [0.2, 0.25) is 0 Å². The lowest BCUT2D eigenvalue weighted by atomic mass is 9.92. The Bertz CT molecular complexity index is 2010. The normalized spacial score (nSPS) is 16.9. The first kappa shape index (κ1) is 31.2. The monoisotopic (exact) mass is 654 g/mol. The molecule has 248 valence electrons. The number of carbonyl (C=O) groups excluding carboxylic acids is 2. The highest BCUT2D eigenvalue weighted by molar-refractivity contribution is 6.04. The first-order valence-electron chi connectivity index (χ1n) is 15.8. The Balaban J connectivity index is 1.32. The maximum atomic E-state index is 16.6. The molecular weight excluding hydrogens is 619 g/mol. The maximum absolute atomic E-state index is 16.6. The van der Waals surface area contributed by atoms with E-state index in [9.17, 15) is 19.5 Å². The number of rotatable bonds is 4. The quantitative estimate of drug-likeness (QED) is 0.213. The standard InChI is InChI=1S/C35H35FN6O6/c1-18-24(16-38-32-31(18)42(34(45)46)11-12-47-32)23-13-20-14-27(37-17-25(20)30(29(23)36)40-33(44)48-35(2,3)4)39-21-6-5-19-9-10-41-26(22(19)15-21)7-8-28(41)43/h5-6,13-17,26H,7-12H2,1-4H3,(H,37,39)(H,40,44)(H,45,46). The average Bonchev–Trinajstić information content (AvgIpc) is 3.42. The highest BCUT2D eigenvalue weighted by Crippen LogP contribution is 2.43. The summed E-state index contributed by atoms with van der Waals surface area (Å²) >= 11 is 0. The second kappa shape index (κ2) is 11.7. The molecule has 1 atom stereocenters. The highest BCUT2D eigenvalue weighted by atomic mass is 19.1. The minimum Gasteiger partial charge on any atom is -0.474 e. The SMILES string of the molecule is Cc1c(-c2cc3cc(Nc4ccc5c(c4)C4CCC(=O)N4CC5)ncc3c(NC(=O)OC(C)(C)C)c2F)cnc2c1N(C(=O)O)CCO2. The van der Waals surface area contributed by atoms with E-state index in [1.54, 1.807) is 39.8 Å². The van der Waals surface area contributed by atoms with Crippen molar-refractivity contribution in [2.24, 2.45) is 0 Å². The van der Waals surface area contributed by atoms with Crippen molar-refractivity contribution in [3.63, 3.8) is 0 Å². The molecule has 1 unspecified atom stereocenters. The van der Waals surface area contributed by atoms with E-state index in [0.717, 1.165) is 35.5 Å². The summed E-state index contributed by atoms with van der Waals surface area (Å²) in [6.45, 7) is 7.77. The Morgan fingerprint density at radius 1 is 1.08 bits per heavy atom. The van der Waals surface area contributed by atoms with Gasteiger partial charge in [-0.3, -0.25) is 15.0 Å². The van der Waals surface area contributed by atoms with Gasteiger partial charge in [0.05, 0.1) is 18.3 Å². The van der Waals surface area contributed by atoms with Gasteiger partial charge >= 0.3 is 12.2 Å². The van der Waals surface area contributed by atoms with Gasteiger partial charge in [-0.25, -0.2) is 23.9 Å². The number of ether oxygens (including phenoxy) is 2. The van der Waals surface area contributed by atoms with E-state index in [-0.39, 0.29) is 47.9 Å². The molecule has 7 rings (SSSR count). The number of carboxylic acid groups (broad SMARTS) is 1. The van der Waals surface area contributed by atoms with Gasteiger partial charge in [-0.05, 0) is 86.9 Å². The lowest BCUT2D eigenvalue weighted by Gasteiger charge is -2.32. The molecule has 1 saturated heterocycles. The lowest BCUT2D eigenvalue weighted by molar-refractivity contribution is -0.129. The van der Waals surface area contributed by atoms with Crippen molar-refractivity contribution in [2.45, 2.75) is 58.6 Å². The van der Waals surface area contributed by atoms with Gasteiger partial charge in [-0.2, -0.15) is 0 Å². The number of pyridine rings is 2. The molecule has 0 bridgehead atoms. The van der Waals surface area contributed by atoms with Gasteiger partial charge in [-0.1, -0.05) is 6.07 Å². The fourth-order valence-corrected chi connectivity index (χ4v) is 6.80. The van der Waals surface area contributed by atoms with E-state index in [2.05, 4.69) is 32.7 Å². The van der Waals surface area contributed by atoms with E-state index < -0.39 is 23.6 Å². The van der Waals surface area contributed by atoms with Gasteiger partial charge in [0, 0.05) is 47.6 Å². The summed E-state index contributed by atoms with van der Waals surface area (Å²) in [6, 6.07) is 9.54. The number of hydrogen-bond donors (Lipinski definition) is 3. The minimum absolute atomic E-state index is 0.0653. The second-order valence-electron chi connectivity index (χ2n) is 13.2. The fourth-order valence-electron chi connectivity index (χ4n) is 6.80. The topological polar surface area (TPSA) is 146 Å². The van der Waals surface area contributed by atoms with E-state index >= 15 is 4.39 Å². The molecule has 1 fully saturated rings. The van der Waals surface area contributed by atoms with Crippen LogP contribution < -0.4 is 20.3 Å². The number of fused-ring (bicyclic) bond motifs is 5. The number of nitrogens with one attached hydrogen (secondary N) is 2. The van der Waals surface area contributed by atoms with Crippen LogP contribution in [-0.2, 0) is 16.0 Å². The van der Waals surface area contributed by atoms with E-state index in [1.165, 1.54) is 18.0 Å². The summed E-state index contributed by atoms with van der Waals surface area (Å²) in [5.41, 5.74) is 3.27. The molecule has 0 spiro atoms. The zero-order chi connectivity index (χ0) is 33.9. The Labute approximate surface area is 275 Å². The summed E-state index contributed by atoms with van der Waals surface area (Å²) in [7, 11) is 0. The van der Waals surface area contributed by atoms with Crippen molar-refractivity contribution >= 4 is 51.7 Å². The molecule has 3 amide bonds. The molecule has 13 heteroatoms. The number of hydrogen-bond acceptors (Lipinski definition) is 8. The predicted octanol–water partition coefficient (Wildman–Crippen LogP) is 6.93. The Morgan fingerprint density at radius 3 is 2.67 bits per heavy atom. The van der Waals surface area contributed by atoms with Gasteiger partial charge in [-0.15, -0.1) is 0 Å². The van der Waals surface area contributed by atoms with Crippen molar-refractivity contribution in [1.82, 2.24) is 14.9 Å². The Kier molecular flexibility index (Phi) is 7.56. The Morgan fingerprint density at radius 2 is 1.90 bits per heavy atom. The van der Waals surface area contributed by atoms with Gasteiger partial charge in [0.25, 0.3) is 0 Å². The number of nitrogens with zero attached hydrogens (tertiary/aromatic N) is 4. The summed E-state index contributed by atoms with van der Waals surface area (Å²) in [4.78, 5) is 49.3. The number of halogens is 1. The van der Waals surface area contributed by atoms with Crippen molar-refractivity contribution in [1.29, 1.82) is 0 Å². The van der Waals surface area contributed by atoms with E-state index in [4.69, 9.17) is 9.47 Å². The van der Waals surface area contributed by atoms with E-state index in [1.807, 2.05) is 11.0 Å². The maximum Gasteiger partial charge on any atom is 0.412 e. The van der Waals surface area contributed by atoms with Gasteiger partial charge in [0.2, 0.25) is 11.8 Å². The molecule has 3 N–H and O–H groups in total. The lowest BCUT2D eigenvalue weighted by Crippen LogP contribution is -2.37. The molecule has 0 radical (unpaired) electrons. The van der Waals surface area contributed by atoms with E-state index in [0.29, 0.717) is 34.1 Å². The van der Waals surface area contributed by atoms with Crippen molar-refractivity contribution in [2.75, 3.05) is 35.2 Å². The van der Waals surface area contributed by atoms with Crippen LogP contribution in [-0.4, -0.2) is 63.4 Å². The van der Waals surface area contributed by atoms with Crippen LogP contribution >= 0.6 is 0 Å². The van der Waals surface area contributed by atoms with Crippen molar-refractivity contribution in [3.05, 3.63) is 65.2 Å². The molecule has 12 nitrogen and oxygen atoms in total. The molecule has 3 aliphatic heterocycles. The zero-order valence-electron chi connectivity index (χ0n) is 27.0. The van der Waals surface area contributed by atoms with Gasteiger partial charge in [0.15, 0.2) is 5.82 Å². The molecule has 0 aliphatic carbocycles. The molecular formula is C35H35FN6O6. The second-order valence-corrected chi connectivity index (χ2v) is 13.2. The largest absolute Gasteiger partial charge is 0.474 e. The highest BCUT2D eigenvalue weighted by Gasteiger charge is 2.36. The third kappa shape index (κ3) is 5.58. The fraction of sp³-hybridized carbons (Fsp3) is 0.343. The number of carbonyl (C=O) groups is 3. The van der Waals surface area contributed by atoms with Gasteiger partial charge in [0.1, 0.15) is 23.7 Å². The first-order valence-corrected chi connectivity index (χ1v) is 15.8. The number of amides is 3. The van der Waals surface area contributed by atoms with Crippen LogP contribution in [0.25, 0.3) is 21.9 Å². The third-order valence-corrected chi connectivity index (χ3v) is 8.93. The number of benzene rings is 2. The minimum atomic E-state index is -1.18. The summed E-state index contributed by atoms with van der Waals surface area (Å²) in [5.74, 6) is 0.0458. The van der Waals surface area contributed by atoms with Crippen LogP contribution in [0, 0.1) is 12.7 Å². The third-order valence-electron chi connectivity index (χ3n) is 8.93. The van der Waals surface area contributed by atoms with Crippen molar-refractivity contribution < 1.29 is 33.4 Å². The number of anilines is 4. The van der Waals surface area contributed by atoms with Crippen LogP contribution in [0.15, 0.2) is 42.7 Å². The summed E-state index contributed by atoms with van der Waals surface area (Å²) in [5, 5.41) is 16.7. The zero-order valence-corrected chi connectivity index (χ0v) is 27.0. The molecule has 3 aliphatic rings. The Hall–Kier alpha value is -5.46. The van der Waals surface area contributed by atoms with Crippen LogP contribution in [0.3, 0.4) is 0 Å². The molecule has 0 saturated carbocycles. The molecule has 4 aromatic rings. The molecule has 5 heterocycles. The van der Waals surface area contributed by atoms with Crippen LogP contribution in [0.5, 0.6) is 5.88 Å². The predicted molar refractivity (Wildman–Crippen MR) is 178 cm³/mol. The van der Waals surface area contributed by atoms with Crippen LogP contribution in [0.4, 0.5) is 36.9 Å². The summed E-state index contributed by atoms with van der Waals surface area (Å²) in [6.07, 6.45) is 3.04. The number of aromatic nitrogens is 2.